The molecule has 0 aromatic carbocycles. The minimum atomic E-state index is -0.952. The van der Waals surface area contributed by atoms with E-state index in [1.807, 2.05) is 25.1 Å². The summed E-state index contributed by atoms with van der Waals surface area (Å²) in [5.41, 5.74) is 0.804. The maximum atomic E-state index is 11.7. The van der Waals surface area contributed by atoms with E-state index in [0.29, 0.717) is 13.1 Å². The van der Waals surface area contributed by atoms with Crippen molar-refractivity contribution in [2.24, 2.45) is 0 Å². The second-order valence-electron chi connectivity index (χ2n) is 3.62. The lowest BCUT2D eigenvalue weighted by atomic mass is 10.2. The van der Waals surface area contributed by atoms with Crippen LogP contribution < -0.4 is 0 Å². The maximum Gasteiger partial charge on any atom is 0.303 e. The summed E-state index contributed by atoms with van der Waals surface area (Å²) in [6.45, 7) is 2.84. The number of carbonyl (C=O) groups is 2. The van der Waals surface area contributed by atoms with Crippen molar-refractivity contribution in [1.29, 1.82) is 0 Å². The first kappa shape index (κ1) is 13.2. The molecule has 1 aromatic rings. The highest BCUT2D eigenvalue weighted by Crippen LogP contribution is 2.04. The third-order valence-electron chi connectivity index (χ3n) is 2.37. The van der Waals surface area contributed by atoms with Gasteiger partial charge in [0.15, 0.2) is 0 Å². The van der Waals surface area contributed by atoms with Gasteiger partial charge in [-0.1, -0.05) is 6.07 Å². The Morgan fingerprint density at radius 1 is 1.35 bits per heavy atom. The van der Waals surface area contributed by atoms with Gasteiger partial charge in [0, 0.05) is 19.2 Å². The number of aliphatic carboxylic acids is 1. The molecule has 0 fully saturated rings. The Kier molecular flexibility index (Phi) is 5.13. The lowest BCUT2D eigenvalue weighted by molar-refractivity contribution is -0.141. The molecule has 0 unspecified atom stereocenters. The zero-order chi connectivity index (χ0) is 12.7. The van der Waals surface area contributed by atoms with Crippen LogP contribution in [0.25, 0.3) is 0 Å². The third kappa shape index (κ3) is 4.63. The number of carboxylic acids is 1. The zero-order valence-electron chi connectivity index (χ0n) is 9.80. The third-order valence-corrected chi connectivity index (χ3v) is 2.37. The van der Waals surface area contributed by atoms with Crippen molar-refractivity contribution in [3.05, 3.63) is 30.1 Å². The van der Waals surface area contributed by atoms with Crippen LogP contribution in [0.1, 0.15) is 25.5 Å². The molecule has 0 spiro atoms. The monoisotopic (exact) mass is 236 g/mol. The van der Waals surface area contributed by atoms with Crippen LogP contribution in [0.4, 0.5) is 0 Å². The Morgan fingerprint density at radius 2 is 2.12 bits per heavy atom. The number of carbonyl (C=O) groups excluding carboxylic acids is 1. The van der Waals surface area contributed by atoms with Gasteiger partial charge in [-0.05, 0) is 19.1 Å². The van der Waals surface area contributed by atoms with Crippen molar-refractivity contribution < 1.29 is 14.7 Å². The number of nitrogens with zero attached hydrogens (tertiary/aromatic N) is 2. The molecule has 1 N–H and O–H groups in total. The van der Waals surface area contributed by atoms with Crippen molar-refractivity contribution in [3.63, 3.8) is 0 Å². The van der Waals surface area contributed by atoms with E-state index in [4.69, 9.17) is 5.11 Å². The van der Waals surface area contributed by atoms with E-state index in [2.05, 4.69) is 4.98 Å². The van der Waals surface area contributed by atoms with Crippen molar-refractivity contribution in [2.75, 3.05) is 6.54 Å². The highest BCUT2D eigenvalue weighted by atomic mass is 16.4. The first-order valence-corrected chi connectivity index (χ1v) is 5.53. The topological polar surface area (TPSA) is 70.5 Å². The van der Waals surface area contributed by atoms with Crippen LogP contribution in [-0.2, 0) is 16.1 Å². The maximum absolute atomic E-state index is 11.7. The molecule has 1 aromatic heterocycles. The number of amides is 1. The van der Waals surface area contributed by atoms with Gasteiger partial charge in [-0.25, -0.2) is 0 Å². The molecule has 5 nitrogen and oxygen atoms in total. The molecule has 0 aliphatic heterocycles. The molecule has 0 aliphatic rings. The predicted molar refractivity (Wildman–Crippen MR) is 62.2 cm³/mol. The van der Waals surface area contributed by atoms with E-state index in [0.717, 1.165) is 5.69 Å². The fourth-order valence-electron chi connectivity index (χ4n) is 1.44. The SMILES string of the molecule is CCN(Cc1ccccn1)C(=O)CCC(=O)O. The van der Waals surface area contributed by atoms with Gasteiger partial charge in [0.25, 0.3) is 0 Å². The molecule has 1 heterocycles. The van der Waals surface area contributed by atoms with Crippen molar-refractivity contribution in [2.45, 2.75) is 26.3 Å². The molecule has 5 heteroatoms. The summed E-state index contributed by atoms with van der Waals surface area (Å²) in [4.78, 5) is 27.8. The van der Waals surface area contributed by atoms with Gasteiger partial charge in [0.05, 0.1) is 18.7 Å². The Hall–Kier alpha value is -1.91. The van der Waals surface area contributed by atoms with Crippen LogP contribution in [0.3, 0.4) is 0 Å². The molecule has 17 heavy (non-hydrogen) atoms. The normalized spacial score (nSPS) is 9.94. The van der Waals surface area contributed by atoms with Crippen LogP contribution in [0.15, 0.2) is 24.4 Å². The first-order valence-electron chi connectivity index (χ1n) is 5.53. The predicted octanol–water partition coefficient (Wildman–Crippen LogP) is 1.29. The first-order chi connectivity index (χ1) is 8.13. The summed E-state index contributed by atoms with van der Waals surface area (Å²) in [6, 6.07) is 5.51. The lowest BCUT2D eigenvalue weighted by Gasteiger charge is -2.20. The van der Waals surface area contributed by atoms with E-state index >= 15 is 0 Å². The molecule has 1 rings (SSSR count). The number of aromatic nitrogens is 1. The Morgan fingerprint density at radius 3 is 2.65 bits per heavy atom. The Labute approximate surface area is 100 Å². The molecule has 0 aliphatic carbocycles. The summed E-state index contributed by atoms with van der Waals surface area (Å²) >= 11 is 0. The number of pyridine rings is 1. The lowest BCUT2D eigenvalue weighted by Crippen LogP contribution is -2.30. The number of rotatable bonds is 6. The van der Waals surface area contributed by atoms with Gasteiger partial charge in [0.1, 0.15) is 0 Å². The second kappa shape index (κ2) is 6.62. The summed E-state index contributed by atoms with van der Waals surface area (Å²) in [6.07, 6.45) is 1.58. The molecule has 0 saturated heterocycles. The number of carboxylic acid groups (broad SMARTS) is 1. The van der Waals surface area contributed by atoms with Crippen molar-refractivity contribution in [3.8, 4) is 0 Å². The summed E-state index contributed by atoms with van der Waals surface area (Å²) < 4.78 is 0. The zero-order valence-corrected chi connectivity index (χ0v) is 9.80. The standard InChI is InChI=1S/C12H16N2O3/c1-2-14(11(15)6-7-12(16)17)9-10-5-3-4-8-13-10/h3-5,8H,2,6-7,9H2,1H3,(H,16,17). The van der Waals surface area contributed by atoms with Gasteiger partial charge in [-0.3, -0.25) is 14.6 Å². The summed E-state index contributed by atoms with van der Waals surface area (Å²) in [7, 11) is 0. The fraction of sp³-hybridized carbons (Fsp3) is 0.417. The molecular weight excluding hydrogens is 220 g/mol. The fourth-order valence-corrected chi connectivity index (χ4v) is 1.44. The quantitative estimate of drug-likeness (QED) is 0.808. The van der Waals surface area contributed by atoms with Gasteiger partial charge in [-0.2, -0.15) is 0 Å². The summed E-state index contributed by atoms with van der Waals surface area (Å²) in [5, 5.41) is 8.52. The number of hydrogen-bond donors (Lipinski definition) is 1. The van der Waals surface area contributed by atoms with Gasteiger partial charge < -0.3 is 10.0 Å². The van der Waals surface area contributed by atoms with Crippen LogP contribution in [0.5, 0.6) is 0 Å². The molecule has 0 saturated carbocycles. The minimum Gasteiger partial charge on any atom is -0.481 e. The molecule has 92 valence electrons. The van der Waals surface area contributed by atoms with Gasteiger partial charge >= 0.3 is 5.97 Å². The second-order valence-corrected chi connectivity index (χ2v) is 3.62. The van der Waals surface area contributed by atoms with Crippen LogP contribution in [0.2, 0.25) is 0 Å². The van der Waals surface area contributed by atoms with Crippen molar-refractivity contribution in [1.82, 2.24) is 9.88 Å². The van der Waals surface area contributed by atoms with E-state index < -0.39 is 5.97 Å². The Balaban J connectivity index is 2.53. The van der Waals surface area contributed by atoms with Gasteiger partial charge in [0.2, 0.25) is 5.91 Å². The van der Waals surface area contributed by atoms with E-state index in [1.165, 1.54) is 0 Å². The Bertz CT molecular complexity index is 379. The van der Waals surface area contributed by atoms with Crippen LogP contribution in [0, 0.1) is 0 Å². The van der Waals surface area contributed by atoms with E-state index in [9.17, 15) is 9.59 Å². The van der Waals surface area contributed by atoms with E-state index in [1.54, 1.807) is 11.1 Å². The highest BCUT2D eigenvalue weighted by Gasteiger charge is 2.13. The van der Waals surface area contributed by atoms with E-state index in [-0.39, 0.29) is 18.7 Å². The van der Waals surface area contributed by atoms with Crippen LogP contribution >= 0.6 is 0 Å². The minimum absolute atomic E-state index is 0.0377. The van der Waals surface area contributed by atoms with Gasteiger partial charge in [-0.15, -0.1) is 0 Å². The molecule has 0 bridgehead atoms. The van der Waals surface area contributed by atoms with Crippen LogP contribution in [-0.4, -0.2) is 33.4 Å². The smallest absolute Gasteiger partial charge is 0.303 e. The number of hydrogen-bond acceptors (Lipinski definition) is 3. The molecule has 0 atom stereocenters. The highest BCUT2D eigenvalue weighted by molar-refractivity contribution is 5.80. The largest absolute Gasteiger partial charge is 0.481 e. The van der Waals surface area contributed by atoms with Crippen molar-refractivity contribution >= 4 is 11.9 Å². The summed E-state index contributed by atoms with van der Waals surface area (Å²) in [5.74, 6) is -1.10. The molecule has 0 radical (unpaired) electrons. The molecular formula is C12H16N2O3. The average molecular weight is 236 g/mol. The average Bonchev–Trinajstić information content (AvgIpc) is 2.34. The molecule has 1 amide bonds.